The summed E-state index contributed by atoms with van der Waals surface area (Å²) in [5.41, 5.74) is 2.90. The van der Waals surface area contributed by atoms with Crippen LogP contribution in [0, 0.1) is 19.7 Å². The molecule has 0 aliphatic heterocycles. The maximum absolute atomic E-state index is 13.0. The van der Waals surface area contributed by atoms with Crippen LogP contribution in [0.4, 0.5) is 4.39 Å². The quantitative estimate of drug-likeness (QED) is 0.887. The molecule has 1 aromatic heterocycles. The van der Waals surface area contributed by atoms with Crippen LogP contribution in [0.2, 0.25) is 0 Å². The van der Waals surface area contributed by atoms with Crippen molar-refractivity contribution in [2.24, 2.45) is 0 Å². The maximum Gasteiger partial charge on any atom is 0.220 e. The van der Waals surface area contributed by atoms with Crippen LogP contribution >= 0.6 is 0 Å². The van der Waals surface area contributed by atoms with Crippen molar-refractivity contribution in [1.82, 2.24) is 15.1 Å². The molecule has 0 aliphatic carbocycles. The number of hydrogen-bond acceptors (Lipinski definition) is 2. The molecule has 1 heterocycles. The number of nitrogens with one attached hydrogen (secondary N) is 1. The zero-order valence-electron chi connectivity index (χ0n) is 12.4. The smallest absolute Gasteiger partial charge is 0.220 e. The molecular formula is C16H20FN3O. The lowest BCUT2D eigenvalue weighted by molar-refractivity contribution is -0.121. The number of amides is 1. The predicted molar refractivity (Wildman–Crippen MR) is 79.4 cm³/mol. The summed E-state index contributed by atoms with van der Waals surface area (Å²) in [4.78, 5) is 11.7. The molecule has 1 amide bonds. The Bertz CT molecular complexity index is 622. The molecule has 0 aliphatic rings. The third kappa shape index (κ3) is 4.70. The summed E-state index contributed by atoms with van der Waals surface area (Å²) in [6, 6.07) is 8.35. The van der Waals surface area contributed by atoms with E-state index in [9.17, 15) is 9.18 Å². The van der Waals surface area contributed by atoms with Gasteiger partial charge in [0.05, 0.1) is 12.2 Å². The van der Waals surface area contributed by atoms with E-state index in [0.717, 1.165) is 17.0 Å². The summed E-state index contributed by atoms with van der Waals surface area (Å²) >= 11 is 0. The number of halogens is 1. The topological polar surface area (TPSA) is 46.9 Å². The van der Waals surface area contributed by atoms with Crippen molar-refractivity contribution < 1.29 is 9.18 Å². The predicted octanol–water partition coefficient (Wildman–Crippen LogP) is 2.39. The number of rotatable bonds is 6. The Balaban J connectivity index is 1.71. The second-order valence-corrected chi connectivity index (χ2v) is 5.13. The zero-order chi connectivity index (χ0) is 15.2. The zero-order valence-corrected chi connectivity index (χ0v) is 12.4. The SMILES string of the molecule is Cc1cc(C)n(CCNC(=O)CCc2cccc(F)c2)n1. The maximum atomic E-state index is 13.0. The highest BCUT2D eigenvalue weighted by molar-refractivity contribution is 5.76. The van der Waals surface area contributed by atoms with Gasteiger partial charge in [0.15, 0.2) is 0 Å². The fourth-order valence-electron chi connectivity index (χ4n) is 2.24. The van der Waals surface area contributed by atoms with Crippen LogP contribution in [-0.2, 0) is 17.8 Å². The highest BCUT2D eigenvalue weighted by Gasteiger charge is 2.04. The molecule has 4 nitrogen and oxygen atoms in total. The molecule has 21 heavy (non-hydrogen) atoms. The molecule has 5 heteroatoms. The molecule has 0 unspecified atom stereocenters. The second-order valence-electron chi connectivity index (χ2n) is 5.13. The van der Waals surface area contributed by atoms with Gasteiger partial charge in [-0.25, -0.2) is 4.39 Å². The molecule has 2 aromatic rings. The average Bonchev–Trinajstić information content (AvgIpc) is 2.75. The van der Waals surface area contributed by atoms with E-state index in [4.69, 9.17) is 0 Å². The highest BCUT2D eigenvalue weighted by atomic mass is 19.1. The first kappa shape index (κ1) is 15.2. The van der Waals surface area contributed by atoms with Gasteiger partial charge in [-0.3, -0.25) is 9.48 Å². The third-order valence-corrected chi connectivity index (χ3v) is 3.28. The second kappa shape index (κ2) is 7.02. The molecule has 0 bridgehead atoms. The molecule has 2 rings (SSSR count). The summed E-state index contributed by atoms with van der Waals surface area (Å²) in [5, 5.41) is 7.19. The number of aromatic nitrogens is 2. The molecule has 0 atom stereocenters. The number of carbonyl (C=O) groups is 1. The first-order chi connectivity index (χ1) is 10.0. The van der Waals surface area contributed by atoms with Gasteiger partial charge in [-0.1, -0.05) is 12.1 Å². The van der Waals surface area contributed by atoms with E-state index in [2.05, 4.69) is 10.4 Å². The summed E-state index contributed by atoms with van der Waals surface area (Å²) in [5.74, 6) is -0.293. The average molecular weight is 289 g/mol. The summed E-state index contributed by atoms with van der Waals surface area (Å²) in [7, 11) is 0. The fraction of sp³-hybridized carbons (Fsp3) is 0.375. The van der Waals surface area contributed by atoms with E-state index in [1.807, 2.05) is 30.7 Å². The Morgan fingerprint density at radius 2 is 2.14 bits per heavy atom. The van der Waals surface area contributed by atoms with Gasteiger partial charge in [-0.05, 0) is 44.0 Å². The van der Waals surface area contributed by atoms with Gasteiger partial charge >= 0.3 is 0 Å². The molecular weight excluding hydrogens is 269 g/mol. The van der Waals surface area contributed by atoms with E-state index in [1.54, 1.807) is 6.07 Å². The van der Waals surface area contributed by atoms with Gasteiger partial charge < -0.3 is 5.32 Å². The van der Waals surface area contributed by atoms with E-state index >= 15 is 0 Å². The standard InChI is InChI=1S/C16H20FN3O/c1-12-10-13(2)20(19-12)9-8-18-16(21)7-6-14-4-3-5-15(17)11-14/h3-5,10-11H,6-9H2,1-2H3,(H,18,21). The molecule has 0 fully saturated rings. The normalized spacial score (nSPS) is 10.6. The van der Waals surface area contributed by atoms with Gasteiger partial charge in [-0.2, -0.15) is 5.10 Å². The van der Waals surface area contributed by atoms with Crippen molar-refractivity contribution in [3.8, 4) is 0 Å². The lowest BCUT2D eigenvalue weighted by Gasteiger charge is -2.07. The van der Waals surface area contributed by atoms with Crippen LogP contribution in [0.5, 0.6) is 0 Å². The first-order valence-electron chi connectivity index (χ1n) is 7.07. The molecule has 0 spiro atoms. The van der Waals surface area contributed by atoms with Crippen LogP contribution < -0.4 is 5.32 Å². The first-order valence-corrected chi connectivity index (χ1v) is 7.07. The number of hydrogen-bond donors (Lipinski definition) is 1. The van der Waals surface area contributed by atoms with E-state index in [-0.39, 0.29) is 11.7 Å². The molecule has 1 aromatic carbocycles. The van der Waals surface area contributed by atoms with Crippen LogP contribution in [-0.4, -0.2) is 22.2 Å². The van der Waals surface area contributed by atoms with Crippen LogP contribution in [0.3, 0.4) is 0 Å². The lowest BCUT2D eigenvalue weighted by Crippen LogP contribution is -2.28. The van der Waals surface area contributed by atoms with E-state index in [1.165, 1.54) is 12.1 Å². The van der Waals surface area contributed by atoms with Crippen molar-refractivity contribution in [3.63, 3.8) is 0 Å². The van der Waals surface area contributed by atoms with Crippen molar-refractivity contribution >= 4 is 5.91 Å². The summed E-state index contributed by atoms with van der Waals surface area (Å²) < 4.78 is 14.9. The van der Waals surface area contributed by atoms with E-state index in [0.29, 0.717) is 25.9 Å². The Morgan fingerprint density at radius 1 is 1.33 bits per heavy atom. The van der Waals surface area contributed by atoms with Crippen LogP contribution in [0.1, 0.15) is 23.4 Å². The molecule has 0 radical (unpaired) electrons. The Kier molecular flexibility index (Phi) is 5.09. The van der Waals surface area contributed by atoms with Gasteiger partial charge in [-0.15, -0.1) is 0 Å². The van der Waals surface area contributed by atoms with E-state index < -0.39 is 0 Å². The van der Waals surface area contributed by atoms with Crippen LogP contribution in [0.15, 0.2) is 30.3 Å². The minimum Gasteiger partial charge on any atom is -0.354 e. The summed E-state index contributed by atoms with van der Waals surface area (Å²) in [6.07, 6.45) is 0.907. The summed E-state index contributed by atoms with van der Waals surface area (Å²) in [6.45, 7) is 5.14. The minimum atomic E-state index is -0.266. The third-order valence-electron chi connectivity index (χ3n) is 3.28. The molecule has 0 saturated carbocycles. The highest BCUT2D eigenvalue weighted by Crippen LogP contribution is 2.06. The Labute approximate surface area is 124 Å². The molecule has 112 valence electrons. The van der Waals surface area contributed by atoms with Gasteiger partial charge in [0.25, 0.3) is 0 Å². The van der Waals surface area contributed by atoms with Crippen LogP contribution in [0.25, 0.3) is 0 Å². The van der Waals surface area contributed by atoms with Crippen molar-refractivity contribution in [2.75, 3.05) is 6.54 Å². The Hall–Kier alpha value is -2.17. The fourth-order valence-corrected chi connectivity index (χ4v) is 2.24. The van der Waals surface area contributed by atoms with Crippen molar-refractivity contribution in [2.45, 2.75) is 33.2 Å². The molecule has 1 N–H and O–H groups in total. The van der Waals surface area contributed by atoms with Gasteiger partial charge in [0.1, 0.15) is 5.82 Å². The van der Waals surface area contributed by atoms with Gasteiger partial charge in [0, 0.05) is 18.7 Å². The Morgan fingerprint density at radius 3 is 2.81 bits per heavy atom. The number of aryl methyl sites for hydroxylation is 3. The number of benzene rings is 1. The largest absolute Gasteiger partial charge is 0.354 e. The molecule has 0 saturated heterocycles. The van der Waals surface area contributed by atoms with Crippen molar-refractivity contribution in [3.05, 3.63) is 53.1 Å². The number of carbonyl (C=O) groups excluding carboxylic acids is 1. The van der Waals surface area contributed by atoms with Crippen molar-refractivity contribution in [1.29, 1.82) is 0 Å². The van der Waals surface area contributed by atoms with Gasteiger partial charge in [0.2, 0.25) is 5.91 Å². The monoisotopic (exact) mass is 289 g/mol. The minimum absolute atomic E-state index is 0.0270. The lowest BCUT2D eigenvalue weighted by atomic mass is 10.1. The number of nitrogens with zero attached hydrogens (tertiary/aromatic N) is 2.